The molecule has 2 fully saturated rings. The van der Waals surface area contributed by atoms with Gasteiger partial charge >= 0.3 is 0 Å². The second-order valence-corrected chi connectivity index (χ2v) is 14.5. The molecule has 0 amide bonds. The number of fused-ring (bicyclic) bond motifs is 6. The van der Waals surface area contributed by atoms with Crippen LogP contribution in [0.5, 0.6) is 0 Å². The fourth-order valence-electron chi connectivity index (χ4n) is 5.87. The highest BCUT2D eigenvalue weighted by Gasteiger charge is 2.21. The smallest absolute Gasteiger partial charge is 0.0584 e. The van der Waals surface area contributed by atoms with E-state index in [9.17, 15) is 0 Å². The van der Waals surface area contributed by atoms with E-state index in [1.165, 1.54) is 32.6 Å². The molecule has 0 unspecified atom stereocenters. The molecule has 0 aliphatic carbocycles. The number of benzene rings is 4. The number of aromatic amines is 1. The molecule has 4 aromatic carbocycles. The fraction of sp³-hybridized carbons (Fsp3) is 0.294. The van der Waals surface area contributed by atoms with Gasteiger partial charge in [-0.3, -0.25) is 0 Å². The maximum atomic E-state index is 8.83. The Hall–Kier alpha value is -1.72. The summed E-state index contributed by atoms with van der Waals surface area (Å²) in [4.78, 5) is 3.40. The van der Waals surface area contributed by atoms with E-state index in [0.29, 0.717) is 6.04 Å². The first-order valence-corrected chi connectivity index (χ1v) is 17.6. The number of ether oxygens (including phenoxy) is 2. The van der Waals surface area contributed by atoms with Crippen molar-refractivity contribution in [3.8, 4) is 0 Å². The number of aromatic nitrogens is 2. The van der Waals surface area contributed by atoms with E-state index >= 15 is 0 Å². The Balaban J connectivity index is 0.000000130. The lowest BCUT2D eigenvalue weighted by atomic mass is 10.1. The molecule has 2 aliphatic rings. The summed E-state index contributed by atoms with van der Waals surface area (Å²) in [7, 11) is 0. The van der Waals surface area contributed by atoms with E-state index < -0.39 is 0 Å². The largest absolute Gasteiger partial charge is 0.393 e. The van der Waals surface area contributed by atoms with E-state index in [0.717, 1.165) is 81.0 Å². The number of halogens is 4. The first-order chi connectivity index (χ1) is 20.9. The van der Waals surface area contributed by atoms with E-state index in [-0.39, 0.29) is 6.10 Å². The van der Waals surface area contributed by atoms with Crippen molar-refractivity contribution >= 4 is 107 Å². The van der Waals surface area contributed by atoms with Crippen LogP contribution < -0.4 is 0 Å². The first kappa shape index (κ1) is 31.3. The van der Waals surface area contributed by atoms with Gasteiger partial charge in [-0.15, -0.1) is 0 Å². The first-order valence-electron chi connectivity index (χ1n) is 14.5. The Labute approximate surface area is 284 Å². The molecule has 8 rings (SSSR count). The minimum atomic E-state index is -0.0891. The highest BCUT2D eigenvalue weighted by Crippen LogP contribution is 2.37. The summed E-state index contributed by atoms with van der Waals surface area (Å²) >= 11 is 14.2. The molecule has 9 heteroatoms. The summed E-state index contributed by atoms with van der Waals surface area (Å²) in [6.45, 7) is 3.18. The maximum absolute atomic E-state index is 8.83. The van der Waals surface area contributed by atoms with Gasteiger partial charge in [0.25, 0.3) is 0 Å². The van der Waals surface area contributed by atoms with Crippen LogP contribution in [0, 0.1) is 0 Å². The van der Waals surface area contributed by atoms with Crippen LogP contribution in [0.25, 0.3) is 43.6 Å². The predicted octanol–water partition coefficient (Wildman–Crippen LogP) is 10.7. The summed E-state index contributed by atoms with van der Waals surface area (Å²) in [5.74, 6) is 0. The van der Waals surface area contributed by atoms with Gasteiger partial charge in [0, 0.05) is 82.9 Å². The van der Waals surface area contributed by atoms with Crippen molar-refractivity contribution in [1.29, 1.82) is 0 Å². The average molecular weight is 836 g/mol. The van der Waals surface area contributed by atoms with Crippen molar-refractivity contribution in [3.05, 3.63) is 90.7 Å². The molecule has 5 nitrogen and oxygen atoms in total. The maximum Gasteiger partial charge on any atom is 0.0584 e. The Morgan fingerprint density at radius 2 is 0.953 bits per heavy atom. The third-order valence-corrected chi connectivity index (χ3v) is 9.97. The Bertz CT molecular complexity index is 1760. The molecule has 0 bridgehead atoms. The monoisotopic (exact) mass is 832 g/mol. The molecule has 4 heterocycles. The zero-order valence-corrected chi connectivity index (χ0v) is 29.8. The van der Waals surface area contributed by atoms with Crippen molar-refractivity contribution in [2.24, 2.45) is 0 Å². The van der Waals surface area contributed by atoms with Crippen LogP contribution in [0.1, 0.15) is 31.7 Å². The second kappa shape index (κ2) is 14.1. The van der Waals surface area contributed by atoms with E-state index in [4.69, 9.17) is 14.6 Å². The molecule has 6 aromatic rings. The molecule has 43 heavy (non-hydrogen) atoms. The molecule has 0 saturated carbocycles. The Morgan fingerprint density at radius 1 is 0.558 bits per heavy atom. The number of rotatable bonds is 1. The normalized spacial score (nSPS) is 16.3. The predicted molar refractivity (Wildman–Crippen MR) is 191 cm³/mol. The minimum Gasteiger partial charge on any atom is -0.393 e. The van der Waals surface area contributed by atoms with Gasteiger partial charge in [-0.2, -0.15) is 0 Å². The number of nitrogens with zero attached hydrogens (tertiary/aromatic N) is 1. The molecule has 0 spiro atoms. The van der Waals surface area contributed by atoms with Crippen LogP contribution in [-0.2, 0) is 9.47 Å². The van der Waals surface area contributed by atoms with Gasteiger partial charge in [0.2, 0.25) is 0 Å². The van der Waals surface area contributed by atoms with Crippen LogP contribution in [0.2, 0.25) is 0 Å². The standard InChI is InChI=1S/C17H15Br2NO.C12H7Br2N.C5H10O2/c18-11-1-3-14-15-4-2-12(19)10-17(15)20(16(14)9-11)13-5-7-21-8-6-13;13-7-1-3-9-10-4-2-8(14)6-12(10)15-11(9)5-7;6-5-1-3-7-4-2-5/h1-4,9-10,13H,5-8H2;1-6,15H;5-6H,1-4H2. The second-order valence-electron chi connectivity index (χ2n) is 10.9. The Morgan fingerprint density at radius 3 is 1.37 bits per heavy atom. The highest BCUT2D eigenvalue weighted by molar-refractivity contribution is 9.11. The van der Waals surface area contributed by atoms with Gasteiger partial charge < -0.3 is 24.1 Å². The minimum absolute atomic E-state index is 0.0891. The third kappa shape index (κ3) is 7.24. The van der Waals surface area contributed by atoms with Crippen LogP contribution in [-0.4, -0.2) is 47.2 Å². The van der Waals surface area contributed by atoms with Gasteiger partial charge in [-0.05, 0) is 74.2 Å². The van der Waals surface area contributed by atoms with Crippen LogP contribution in [0.3, 0.4) is 0 Å². The van der Waals surface area contributed by atoms with Crippen molar-refractivity contribution in [1.82, 2.24) is 9.55 Å². The molecule has 2 N–H and O–H groups in total. The number of hydrogen-bond donors (Lipinski definition) is 2. The van der Waals surface area contributed by atoms with Crippen LogP contribution in [0.4, 0.5) is 0 Å². The van der Waals surface area contributed by atoms with Gasteiger partial charge in [0.1, 0.15) is 0 Å². The lowest BCUT2D eigenvalue weighted by Crippen LogP contribution is -2.19. The summed E-state index contributed by atoms with van der Waals surface area (Å²) in [5, 5.41) is 14.0. The van der Waals surface area contributed by atoms with Crippen LogP contribution in [0.15, 0.2) is 90.7 Å². The van der Waals surface area contributed by atoms with Gasteiger partial charge in [0.05, 0.1) is 17.1 Å². The summed E-state index contributed by atoms with van der Waals surface area (Å²) in [6.07, 6.45) is 3.71. The molecule has 224 valence electrons. The Kier molecular flexibility index (Phi) is 10.3. The molecule has 2 aromatic heterocycles. The summed E-state index contributed by atoms with van der Waals surface area (Å²) < 4.78 is 17.5. The van der Waals surface area contributed by atoms with Gasteiger partial charge in [-0.25, -0.2) is 0 Å². The zero-order chi connectivity index (χ0) is 29.9. The molecule has 2 saturated heterocycles. The summed E-state index contributed by atoms with van der Waals surface area (Å²) in [5.41, 5.74) is 4.95. The van der Waals surface area contributed by atoms with Crippen molar-refractivity contribution < 1.29 is 14.6 Å². The molecule has 0 atom stereocenters. The molecular weight excluding hydrogens is 804 g/mol. The van der Waals surface area contributed by atoms with E-state index in [1.807, 2.05) is 0 Å². The third-order valence-electron chi connectivity index (χ3n) is 8.00. The SMILES string of the molecule is Brc1ccc2c(c1)[nH]c1cc(Br)ccc12.Brc1ccc2c3ccc(Br)cc3n(C3CCOCC3)c2c1.OC1CCOCC1. The molecule has 0 radical (unpaired) electrons. The van der Waals surface area contributed by atoms with E-state index in [1.54, 1.807) is 0 Å². The lowest BCUT2D eigenvalue weighted by Gasteiger charge is -2.25. The van der Waals surface area contributed by atoms with Crippen molar-refractivity contribution in [2.45, 2.75) is 37.8 Å². The molecular formula is C34H32Br4N2O3. The van der Waals surface area contributed by atoms with Crippen molar-refractivity contribution in [2.75, 3.05) is 26.4 Å². The average Bonchev–Trinajstić information content (AvgIpc) is 3.51. The lowest BCUT2D eigenvalue weighted by molar-refractivity contribution is 0.0140. The number of aliphatic hydroxyl groups is 1. The van der Waals surface area contributed by atoms with E-state index in [2.05, 4.69) is 146 Å². The summed E-state index contributed by atoms with van der Waals surface area (Å²) in [6, 6.07) is 26.3. The number of H-pyrrole nitrogens is 1. The fourth-order valence-corrected chi connectivity index (χ4v) is 7.29. The van der Waals surface area contributed by atoms with Crippen molar-refractivity contribution in [3.63, 3.8) is 0 Å². The zero-order valence-electron chi connectivity index (χ0n) is 23.5. The topological polar surface area (TPSA) is 59.4 Å². The molecule has 2 aliphatic heterocycles. The number of nitrogens with one attached hydrogen (secondary N) is 1. The highest BCUT2D eigenvalue weighted by atomic mass is 79.9. The number of aliphatic hydroxyl groups excluding tert-OH is 1. The van der Waals surface area contributed by atoms with Crippen LogP contribution >= 0.6 is 63.7 Å². The quantitative estimate of drug-likeness (QED) is 0.173. The van der Waals surface area contributed by atoms with Gasteiger partial charge in [-0.1, -0.05) is 88.0 Å². The van der Waals surface area contributed by atoms with Gasteiger partial charge in [0.15, 0.2) is 0 Å². The number of hydrogen-bond acceptors (Lipinski definition) is 3.